The highest BCUT2D eigenvalue weighted by Crippen LogP contribution is 2.11. The Morgan fingerprint density at radius 3 is 2.52 bits per heavy atom. The van der Waals surface area contributed by atoms with Crippen molar-refractivity contribution in [2.45, 2.75) is 20.4 Å². The zero-order chi connectivity index (χ0) is 15.2. The third kappa shape index (κ3) is 5.41. The van der Waals surface area contributed by atoms with Gasteiger partial charge in [0.15, 0.2) is 0 Å². The van der Waals surface area contributed by atoms with Crippen LogP contribution in [0.4, 0.5) is 0 Å². The van der Waals surface area contributed by atoms with Gasteiger partial charge in [-0.25, -0.2) is 0 Å². The summed E-state index contributed by atoms with van der Waals surface area (Å²) in [5.74, 6) is 0.941. The average molecular weight is 309 g/mol. The van der Waals surface area contributed by atoms with E-state index in [1.165, 1.54) is 11.4 Å². The van der Waals surface area contributed by atoms with Gasteiger partial charge >= 0.3 is 0 Å². The molecule has 0 aliphatic carbocycles. The fraction of sp³-hybridized carbons (Fsp3) is 0.688. The second kappa shape index (κ2) is 7.92. The van der Waals surface area contributed by atoms with Crippen LogP contribution >= 0.6 is 11.3 Å². The molecule has 1 saturated heterocycles. The number of hydrogen-bond acceptors (Lipinski definition) is 4. The summed E-state index contributed by atoms with van der Waals surface area (Å²) in [7, 11) is 1.90. The maximum Gasteiger partial charge on any atom is 0.236 e. The summed E-state index contributed by atoms with van der Waals surface area (Å²) in [6.07, 6.45) is 0. The zero-order valence-electron chi connectivity index (χ0n) is 13.4. The van der Waals surface area contributed by atoms with E-state index in [0.29, 0.717) is 6.54 Å². The molecule has 0 radical (unpaired) electrons. The lowest BCUT2D eigenvalue weighted by Crippen LogP contribution is -2.50. The van der Waals surface area contributed by atoms with Gasteiger partial charge in [0.2, 0.25) is 5.91 Å². The number of piperazine rings is 1. The zero-order valence-corrected chi connectivity index (χ0v) is 14.2. The lowest BCUT2D eigenvalue weighted by atomic mass is 10.2. The topological polar surface area (TPSA) is 26.8 Å². The van der Waals surface area contributed by atoms with Crippen molar-refractivity contribution in [3.05, 3.63) is 22.4 Å². The monoisotopic (exact) mass is 309 g/mol. The van der Waals surface area contributed by atoms with Crippen LogP contribution in [0.15, 0.2) is 17.5 Å². The van der Waals surface area contributed by atoms with Gasteiger partial charge in [-0.2, -0.15) is 0 Å². The number of nitrogens with zero attached hydrogens (tertiary/aromatic N) is 3. The normalized spacial score (nSPS) is 17.3. The highest BCUT2D eigenvalue weighted by atomic mass is 32.1. The largest absolute Gasteiger partial charge is 0.340 e. The van der Waals surface area contributed by atoms with Gasteiger partial charge in [-0.15, -0.1) is 11.3 Å². The first kappa shape index (κ1) is 16.5. The first-order valence-electron chi connectivity index (χ1n) is 7.75. The fourth-order valence-electron chi connectivity index (χ4n) is 2.68. The van der Waals surface area contributed by atoms with Crippen molar-refractivity contribution in [3.63, 3.8) is 0 Å². The minimum atomic E-state index is 0.223. The van der Waals surface area contributed by atoms with Crippen LogP contribution in [-0.4, -0.2) is 66.9 Å². The van der Waals surface area contributed by atoms with E-state index in [-0.39, 0.29) is 5.91 Å². The molecule has 0 unspecified atom stereocenters. The molecular weight excluding hydrogens is 282 g/mol. The maximum atomic E-state index is 12.3. The van der Waals surface area contributed by atoms with Crippen molar-refractivity contribution in [2.75, 3.05) is 46.3 Å². The number of thiophene rings is 1. The molecule has 0 aromatic carbocycles. The highest BCUT2D eigenvalue weighted by Gasteiger charge is 2.20. The number of rotatable bonds is 6. The smallest absolute Gasteiger partial charge is 0.236 e. The third-order valence-corrected chi connectivity index (χ3v) is 4.71. The van der Waals surface area contributed by atoms with Crippen LogP contribution < -0.4 is 0 Å². The minimum absolute atomic E-state index is 0.223. The third-order valence-electron chi connectivity index (χ3n) is 3.85. The van der Waals surface area contributed by atoms with Crippen LogP contribution in [0.5, 0.6) is 0 Å². The van der Waals surface area contributed by atoms with Crippen LogP contribution in [0.2, 0.25) is 0 Å². The Morgan fingerprint density at radius 1 is 1.29 bits per heavy atom. The molecule has 0 spiro atoms. The van der Waals surface area contributed by atoms with E-state index in [1.54, 1.807) is 11.3 Å². The van der Waals surface area contributed by atoms with Crippen molar-refractivity contribution < 1.29 is 4.79 Å². The summed E-state index contributed by atoms with van der Waals surface area (Å²) in [4.78, 5) is 20.1. The molecule has 5 heteroatoms. The molecule has 1 fully saturated rings. The lowest BCUT2D eigenvalue weighted by Gasteiger charge is -2.35. The molecule has 2 rings (SSSR count). The number of carbonyl (C=O) groups excluding carboxylic acids is 1. The molecule has 4 nitrogen and oxygen atoms in total. The molecule has 0 saturated carbocycles. The summed E-state index contributed by atoms with van der Waals surface area (Å²) < 4.78 is 0. The summed E-state index contributed by atoms with van der Waals surface area (Å²) >= 11 is 1.71. The van der Waals surface area contributed by atoms with Gasteiger partial charge < -0.3 is 9.80 Å². The molecule has 0 bridgehead atoms. The van der Waals surface area contributed by atoms with E-state index >= 15 is 0 Å². The Bertz CT molecular complexity index is 425. The van der Waals surface area contributed by atoms with Crippen molar-refractivity contribution in [1.82, 2.24) is 14.7 Å². The second-order valence-corrected chi connectivity index (χ2v) is 7.33. The van der Waals surface area contributed by atoms with E-state index < -0.39 is 0 Å². The molecule has 1 amide bonds. The lowest BCUT2D eigenvalue weighted by molar-refractivity contribution is -0.132. The van der Waals surface area contributed by atoms with Crippen LogP contribution in [-0.2, 0) is 11.3 Å². The van der Waals surface area contributed by atoms with Gasteiger partial charge in [0.05, 0.1) is 13.1 Å². The predicted octanol–water partition coefficient (Wildman–Crippen LogP) is 1.98. The molecule has 1 aromatic rings. The average Bonchev–Trinajstić information content (AvgIpc) is 2.93. The van der Waals surface area contributed by atoms with Crippen molar-refractivity contribution in [2.24, 2.45) is 5.92 Å². The molecule has 2 heterocycles. The van der Waals surface area contributed by atoms with Crippen LogP contribution in [0.3, 0.4) is 0 Å². The van der Waals surface area contributed by atoms with Crippen LogP contribution in [0, 0.1) is 5.92 Å². The van der Waals surface area contributed by atoms with Crippen molar-refractivity contribution in [3.8, 4) is 0 Å². The fourth-order valence-corrected chi connectivity index (χ4v) is 3.44. The van der Waals surface area contributed by atoms with Gasteiger partial charge in [-0.3, -0.25) is 9.69 Å². The summed E-state index contributed by atoms with van der Waals surface area (Å²) in [6, 6.07) is 4.12. The molecule has 118 valence electrons. The molecule has 1 aliphatic rings. The molecule has 1 aliphatic heterocycles. The van der Waals surface area contributed by atoms with E-state index in [2.05, 4.69) is 35.1 Å². The van der Waals surface area contributed by atoms with Gasteiger partial charge in [-0.05, 0) is 17.4 Å². The Morgan fingerprint density at radius 2 is 1.95 bits per heavy atom. The Labute approximate surface area is 132 Å². The van der Waals surface area contributed by atoms with E-state index in [1.807, 2.05) is 18.0 Å². The first-order valence-corrected chi connectivity index (χ1v) is 8.63. The number of hydrogen-bond donors (Lipinski definition) is 0. The van der Waals surface area contributed by atoms with E-state index in [0.717, 1.165) is 38.6 Å². The van der Waals surface area contributed by atoms with E-state index in [4.69, 9.17) is 0 Å². The predicted molar refractivity (Wildman–Crippen MR) is 88.5 cm³/mol. The molecular formula is C16H27N3OS. The quantitative estimate of drug-likeness (QED) is 0.804. The van der Waals surface area contributed by atoms with Gasteiger partial charge in [-0.1, -0.05) is 19.9 Å². The van der Waals surface area contributed by atoms with Crippen LogP contribution in [0.25, 0.3) is 0 Å². The SMILES string of the molecule is CC(C)CN1CCN(CC(=O)N(C)Cc2cccs2)CC1. The van der Waals surface area contributed by atoms with Crippen molar-refractivity contribution >= 4 is 17.2 Å². The number of amides is 1. The number of likely N-dealkylation sites (N-methyl/N-ethyl adjacent to an activating group) is 1. The molecule has 0 atom stereocenters. The molecule has 0 N–H and O–H groups in total. The van der Waals surface area contributed by atoms with Gasteiger partial charge in [0.25, 0.3) is 0 Å². The van der Waals surface area contributed by atoms with Gasteiger partial charge in [0, 0.05) is 44.6 Å². The summed E-state index contributed by atoms with van der Waals surface area (Å²) in [5.41, 5.74) is 0. The summed E-state index contributed by atoms with van der Waals surface area (Å²) in [5, 5.41) is 2.06. The minimum Gasteiger partial charge on any atom is -0.340 e. The Kier molecular flexibility index (Phi) is 6.21. The van der Waals surface area contributed by atoms with Gasteiger partial charge in [0.1, 0.15) is 0 Å². The second-order valence-electron chi connectivity index (χ2n) is 6.30. The standard InChI is InChI=1S/C16H27N3OS/c1-14(2)11-18-6-8-19(9-7-18)13-16(20)17(3)12-15-5-4-10-21-15/h4-5,10,14H,6-9,11-13H2,1-3H3. The first-order chi connectivity index (χ1) is 10.0. The Hall–Kier alpha value is -0.910. The van der Waals surface area contributed by atoms with Crippen LogP contribution in [0.1, 0.15) is 18.7 Å². The molecule has 21 heavy (non-hydrogen) atoms. The van der Waals surface area contributed by atoms with Crippen molar-refractivity contribution in [1.29, 1.82) is 0 Å². The maximum absolute atomic E-state index is 12.3. The van der Waals surface area contributed by atoms with E-state index in [9.17, 15) is 4.79 Å². The number of carbonyl (C=O) groups is 1. The summed E-state index contributed by atoms with van der Waals surface area (Å²) in [6.45, 7) is 11.1. The Balaban J connectivity index is 1.71. The molecule has 1 aromatic heterocycles. The highest BCUT2D eigenvalue weighted by molar-refractivity contribution is 7.09.